The lowest BCUT2D eigenvalue weighted by Crippen LogP contribution is -2.25. The first kappa shape index (κ1) is 10.4. The minimum absolute atomic E-state index is 0.395. The highest BCUT2D eigenvalue weighted by Crippen LogP contribution is 2.18. The maximum Gasteiger partial charge on any atom is 0.336 e. The highest BCUT2D eigenvalue weighted by molar-refractivity contribution is 5.70. The molecule has 0 fully saturated rings. The fourth-order valence-electron chi connectivity index (χ4n) is 1.16. The third-order valence-electron chi connectivity index (χ3n) is 1.95. The predicted molar refractivity (Wildman–Crippen MR) is 53.0 cm³/mol. The van der Waals surface area contributed by atoms with Crippen LogP contribution in [0.3, 0.4) is 0 Å². The monoisotopic (exact) mass is 193 g/mol. The Labute approximate surface area is 83.3 Å². The number of para-hydroxylation sites is 1. The van der Waals surface area contributed by atoms with Crippen molar-refractivity contribution >= 4 is 6.03 Å². The van der Waals surface area contributed by atoms with Crippen LogP contribution in [0.1, 0.15) is 5.56 Å². The Kier molecular flexibility index (Phi) is 3.34. The zero-order valence-corrected chi connectivity index (χ0v) is 8.28. The quantitative estimate of drug-likeness (QED) is 0.731. The van der Waals surface area contributed by atoms with Gasteiger partial charge >= 0.3 is 6.03 Å². The molecular formula is C10H13N2O2. The number of amides is 2. The van der Waals surface area contributed by atoms with Crippen LogP contribution < -0.4 is 10.5 Å². The zero-order valence-electron chi connectivity index (χ0n) is 8.28. The topological polar surface area (TPSA) is 53.3 Å². The molecule has 1 aromatic rings. The summed E-state index contributed by atoms with van der Waals surface area (Å²) in [6, 6.07) is 6.75. The van der Waals surface area contributed by atoms with Crippen molar-refractivity contribution in [1.82, 2.24) is 10.6 Å². The largest absolute Gasteiger partial charge is 0.496 e. The standard InChI is InChI=1S/C10H13N2O2/c1-12(10(11)13)7-8-5-3-4-6-9(8)14-2/h3-6,11H,7H2,1-2H3. The van der Waals surface area contributed by atoms with E-state index in [-0.39, 0.29) is 0 Å². The SMILES string of the molecule is COc1ccccc1CN(C)C([NH])=O. The maximum atomic E-state index is 10.7. The van der Waals surface area contributed by atoms with Gasteiger partial charge in [0.25, 0.3) is 0 Å². The van der Waals surface area contributed by atoms with Gasteiger partial charge in [0.1, 0.15) is 5.75 Å². The van der Waals surface area contributed by atoms with E-state index in [9.17, 15) is 4.79 Å². The molecule has 2 amide bonds. The molecule has 1 aromatic carbocycles. The molecule has 1 N–H and O–H groups in total. The van der Waals surface area contributed by atoms with Gasteiger partial charge in [0.05, 0.1) is 13.7 Å². The third-order valence-corrected chi connectivity index (χ3v) is 1.95. The van der Waals surface area contributed by atoms with Crippen molar-refractivity contribution in [2.45, 2.75) is 6.54 Å². The fraction of sp³-hybridized carbons (Fsp3) is 0.300. The van der Waals surface area contributed by atoms with Gasteiger partial charge in [-0.2, -0.15) is 0 Å². The number of rotatable bonds is 3. The van der Waals surface area contributed by atoms with E-state index in [0.717, 1.165) is 11.3 Å². The van der Waals surface area contributed by atoms with Gasteiger partial charge in [0.2, 0.25) is 0 Å². The summed E-state index contributed by atoms with van der Waals surface area (Å²) < 4.78 is 5.13. The second kappa shape index (κ2) is 4.50. The minimum Gasteiger partial charge on any atom is -0.496 e. The number of hydrogen-bond acceptors (Lipinski definition) is 2. The number of nitrogens with zero attached hydrogens (tertiary/aromatic N) is 1. The first-order chi connectivity index (χ1) is 6.65. The average molecular weight is 193 g/mol. The minimum atomic E-state index is -0.698. The van der Waals surface area contributed by atoms with Crippen LogP contribution in [0.2, 0.25) is 0 Å². The third kappa shape index (κ3) is 2.39. The Morgan fingerprint density at radius 1 is 1.50 bits per heavy atom. The molecular weight excluding hydrogens is 180 g/mol. The van der Waals surface area contributed by atoms with E-state index >= 15 is 0 Å². The molecule has 0 aromatic heterocycles. The number of benzene rings is 1. The van der Waals surface area contributed by atoms with Crippen LogP contribution in [0.15, 0.2) is 24.3 Å². The molecule has 1 radical (unpaired) electrons. The molecule has 1 rings (SSSR count). The van der Waals surface area contributed by atoms with Crippen molar-refractivity contribution in [2.24, 2.45) is 0 Å². The van der Waals surface area contributed by atoms with Crippen LogP contribution in [-0.2, 0) is 6.54 Å². The van der Waals surface area contributed by atoms with Gasteiger partial charge < -0.3 is 9.64 Å². The summed E-state index contributed by atoms with van der Waals surface area (Å²) in [5, 5.41) is 0. The molecule has 75 valence electrons. The van der Waals surface area contributed by atoms with Gasteiger partial charge in [0, 0.05) is 12.6 Å². The summed E-state index contributed by atoms with van der Waals surface area (Å²) in [4.78, 5) is 12.0. The zero-order chi connectivity index (χ0) is 10.6. The molecule has 0 atom stereocenters. The van der Waals surface area contributed by atoms with E-state index in [1.54, 1.807) is 14.2 Å². The highest BCUT2D eigenvalue weighted by atomic mass is 16.5. The summed E-state index contributed by atoms with van der Waals surface area (Å²) in [5.74, 6) is 0.737. The molecule has 0 heterocycles. The predicted octanol–water partition coefficient (Wildman–Crippen LogP) is 1.53. The Hall–Kier alpha value is -1.71. The van der Waals surface area contributed by atoms with Crippen molar-refractivity contribution in [3.63, 3.8) is 0 Å². The summed E-state index contributed by atoms with van der Waals surface area (Å²) in [7, 11) is 3.17. The number of hydrogen-bond donors (Lipinski definition) is 0. The molecule has 0 aliphatic carbocycles. The second-order valence-electron chi connectivity index (χ2n) is 2.97. The Morgan fingerprint density at radius 2 is 2.14 bits per heavy atom. The molecule has 0 aliphatic heterocycles. The van der Waals surface area contributed by atoms with Gasteiger partial charge in [-0.05, 0) is 6.07 Å². The van der Waals surface area contributed by atoms with Gasteiger partial charge in [-0.3, -0.25) is 0 Å². The smallest absolute Gasteiger partial charge is 0.336 e. The van der Waals surface area contributed by atoms with E-state index in [1.165, 1.54) is 4.90 Å². The van der Waals surface area contributed by atoms with E-state index in [2.05, 4.69) is 0 Å². The van der Waals surface area contributed by atoms with E-state index in [1.807, 2.05) is 24.3 Å². The van der Waals surface area contributed by atoms with Crippen LogP contribution in [0.5, 0.6) is 5.75 Å². The number of ether oxygens (including phenoxy) is 1. The summed E-state index contributed by atoms with van der Waals surface area (Å²) >= 11 is 0. The first-order valence-electron chi connectivity index (χ1n) is 4.23. The van der Waals surface area contributed by atoms with Crippen LogP contribution in [0.25, 0.3) is 0 Å². The van der Waals surface area contributed by atoms with E-state index < -0.39 is 6.03 Å². The summed E-state index contributed by atoms with van der Waals surface area (Å²) in [6.07, 6.45) is 0. The molecule has 0 saturated heterocycles. The van der Waals surface area contributed by atoms with Gasteiger partial charge in [-0.1, -0.05) is 18.2 Å². The van der Waals surface area contributed by atoms with Gasteiger partial charge in [-0.15, -0.1) is 0 Å². The number of urea groups is 1. The van der Waals surface area contributed by atoms with Gasteiger partial charge in [-0.25, -0.2) is 10.5 Å². The lowest BCUT2D eigenvalue weighted by Gasteiger charge is -2.15. The average Bonchev–Trinajstić information content (AvgIpc) is 2.18. The van der Waals surface area contributed by atoms with Crippen LogP contribution in [0.4, 0.5) is 4.79 Å². The lowest BCUT2D eigenvalue weighted by molar-refractivity contribution is 0.214. The van der Waals surface area contributed by atoms with Crippen molar-refractivity contribution in [2.75, 3.05) is 14.2 Å². The number of carbonyl (C=O) groups excluding carboxylic acids is 1. The highest BCUT2D eigenvalue weighted by Gasteiger charge is 2.08. The number of carbonyl (C=O) groups is 1. The van der Waals surface area contributed by atoms with Crippen LogP contribution in [0, 0.1) is 0 Å². The Balaban J connectivity index is 2.80. The molecule has 0 bridgehead atoms. The molecule has 14 heavy (non-hydrogen) atoms. The normalized spacial score (nSPS) is 9.57. The molecule has 0 unspecified atom stereocenters. The fourth-order valence-corrected chi connectivity index (χ4v) is 1.16. The first-order valence-corrected chi connectivity index (χ1v) is 4.23. The molecule has 0 spiro atoms. The summed E-state index contributed by atoms with van der Waals surface area (Å²) in [6.45, 7) is 0.395. The van der Waals surface area contributed by atoms with Crippen molar-refractivity contribution in [3.05, 3.63) is 29.8 Å². The van der Waals surface area contributed by atoms with E-state index in [0.29, 0.717) is 6.54 Å². The Bertz CT molecular complexity index is 326. The molecule has 4 nitrogen and oxygen atoms in total. The van der Waals surface area contributed by atoms with Crippen molar-refractivity contribution < 1.29 is 9.53 Å². The maximum absolute atomic E-state index is 10.7. The molecule has 4 heteroatoms. The molecule has 0 aliphatic rings. The number of nitrogens with one attached hydrogen (secondary N) is 1. The van der Waals surface area contributed by atoms with E-state index in [4.69, 9.17) is 10.5 Å². The lowest BCUT2D eigenvalue weighted by atomic mass is 10.2. The van der Waals surface area contributed by atoms with Gasteiger partial charge in [0.15, 0.2) is 0 Å². The number of methoxy groups -OCH3 is 1. The van der Waals surface area contributed by atoms with Crippen LogP contribution in [-0.4, -0.2) is 25.1 Å². The molecule has 0 saturated carbocycles. The van der Waals surface area contributed by atoms with Crippen molar-refractivity contribution in [3.8, 4) is 5.75 Å². The summed E-state index contributed by atoms with van der Waals surface area (Å²) in [5.41, 5.74) is 7.81. The second-order valence-corrected chi connectivity index (χ2v) is 2.97. The van der Waals surface area contributed by atoms with Crippen molar-refractivity contribution in [1.29, 1.82) is 0 Å². The van der Waals surface area contributed by atoms with Crippen LogP contribution >= 0.6 is 0 Å². The Morgan fingerprint density at radius 3 is 2.71 bits per heavy atom.